The summed E-state index contributed by atoms with van der Waals surface area (Å²) in [5.41, 5.74) is 1.22. The number of aromatic nitrogens is 1. The summed E-state index contributed by atoms with van der Waals surface area (Å²) in [6.45, 7) is 5.23. The van der Waals surface area contributed by atoms with Crippen molar-refractivity contribution >= 4 is 27.7 Å². The van der Waals surface area contributed by atoms with Gasteiger partial charge >= 0.3 is 0 Å². The highest BCUT2D eigenvalue weighted by atomic mass is 79.9. The minimum Gasteiger partial charge on any atom is -0.310 e. The maximum Gasteiger partial charge on any atom is 0.101 e. The highest BCUT2D eigenvalue weighted by Gasteiger charge is 2.06. The summed E-state index contributed by atoms with van der Waals surface area (Å²) in [5, 5.41) is 4.40. The van der Waals surface area contributed by atoms with Crippen molar-refractivity contribution in [1.29, 1.82) is 0 Å². The first-order valence-electron chi connectivity index (χ1n) is 6.32. The van der Waals surface area contributed by atoms with Crippen LogP contribution in [0.3, 0.4) is 0 Å². The van der Waals surface area contributed by atoms with Crippen molar-refractivity contribution < 1.29 is 0 Å². The van der Waals surface area contributed by atoms with Crippen molar-refractivity contribution in [3.8, 4) is 0 Å². The average molecular weight is 337 g/mol. The quantitative estimate of drug-likeness (QED) is 0.858. The van der Waals surface area contributed by atoms with Gasteiger partial charge in [0, 0.05) is 21.6 Å². The minimum absolute atomic E-state index is 0.347. The highest BCUT2D eigenvalue weighted by Crippen LogP contribution is 2.32. The van der Waals surface area contributed by atoms with Crippen LogP contribution in [0.25, 0.3) is 0 Å². The van der Waals surface area contributed by atoms with Gasteiger partial charge in [0.2, 0.25) is 0 Å². The molecule has 2 aromatic rings. The molecular formula is C15H17BrN2S. The van der Waals surface area contributed by atoms with Crippen LogP contribution in [-0.4, -0.2) is 11.5 Å². The maximum absolute atomic E-state index is 4.52. The lowest BCUT2D eigenvalue weighted by Gasteiger charge is -2.12. The Kier molecular flexibility index (Phi) is 5.43. The standard InChI is InChI=1S/C15H17BrN2S/c1-3-17-11(2)12-8-9-15(18-10-12)19-14-7-5-4-6-13(14)16/h4-11,17H,3H2,1-2H3. The molecule has 1 aromatic carbocycles. The molecular weight excluding hydrogens is 320 g/mol. The molecule has 1 N–H and O–H groups in total. The second-order valence-electron chi connectivity index (χ2n) is 4.24. The Morgan fingerprint density at radius 2 is 2.05 bits per heavy atom. The van der Waals surface area contributed by atoms with Gasteiger partial charge in [0.05, 0.1) is 0 Å². The molecule has 0 amide bonds. The molecule has 0 saturated heterocycles. The Bertz CT molecular complexity index is 528. The Hall–Kier alpha value is -0.840. The number of rotatable bonds is 5. The summed E-state index contributed by atoms with van der Waals surface area (Å²) >= 11 is 5.22. The third-order valence-electron chi connectivity index (χ3n) is 2.82. The molecule has 19 heavy (non-hydrogen) atoms. The Labute approximate surface area is 127 Å². The lowest BCUT2D eigenvalue weighted by Crippen LogP contribution is -2.17. The Morgan fingerprint density at radius 3 is 2.68 bits per heavy atom. The zero-order chi connectivity index (χ0) is 13.7. The van der Waals surface area contributed by atoms with Crippen molar-refractivity contribution in [1.82, 2.24) is 10.3 Å². The topological polar surface area (TPSA) is 24.9 Å². The third kappa shape index (κ3) is 4.06. The molecule has 1 unspecified atom stereocenters. The molecule has 1 atom stereocenters. The van der Waals surface area contributed by atoms with Gasteiger partial charge in [-0.1, -0.05) is 36.9 Å². The van der Waals surface area contributed by atoms with Crippen molar-refractivity contribution in [2.75, 3.05) is 6.54 Å². The summed E-state index contributed by atoms with van der Waals surface area (Å²) in [5.74, 6) is 0. The van der Waals surface area contributed by atoms with Crippen LogP contribution in [-0.2, 0) is 0 Å². The predicted octanol–water partition coefficient (Wildman–Crippen LogP) is 4.67. The van der Waals surface area contributed by atoms with Gasteiger partial charge in [0.15, 0.2) is 0 Å². The molecule has 0 aliphatic rings. The zero-order valence-corrected chi connectivity index (χ0v) is 13.5. The zero-order valence-electron chi connectivity index (χ0n) is 11.1. The number of benzene rings is 1. The molecule has 0 radical (unpaired) electrons. The first kappa shape index (κ1) is 14.6. The fourth-order valence-electron chi connectivity index (χ4n) is 1.77. The van der Waals surface area contributed by atoms with Gasteiger partial charge in [-0.05, 0) is 53.2 Å². The van der Waals surface area contributed by atoms with Gasteiger partial charge in [-0.2, -0.15) is 0 Å². The molecule has 0 fully saturated rings. The largest absolute Gasteiger partial charge is 0.310 e. The van der Waals surface area contributed by atoms with Crippen LogP contribution in [0.4, 0.5) is 0 Å². The second-order valence-corrected chi connectivity index (χ2v) is 6.16. The summed E-state index contributed by atoms with van der Waals surface area (Å²) < 4.78 is 1.10. The van der Waals surface area contributed by atoms with E-state index < -0.39 is 0 Å². The molecule has 2 nitrogen and oxygen atoms in total. The summed E-state index contributed by atoms with van der Waals surface area (Å²) in [6.07, 6.45) is 1.95. The lowest BCUT2D eigenvalue weighted by molar-refractivity contribution is 0.595. The molecule has 1 aromatic heterocycles. The van der Waals surface area contributed by atoms with E-state index >= 15 is 0 Å². The van der Waals surface area contributed by atoms with Crippen molar-refractivity contribution in [3.63, 3.8) is 0 Å². The van der Waals surface area contributed by atoms with Crippen molar-refractivity contribution in [2.24, 2.45) is 0 Å². The van der Waals surface area contributed by atoms with Crippen LogP contribution in [0.15, 0.2) is 57.0 Å². The molecule has 0 saturated carbocycles. The van der Waals surface area contributed by atoms with E-state index in [0.717, 1.165) is 16.0 Å². The minimum atomic E-state index is 0.347. The Morgan fingerprint density at radius 1 is 1.26 bits per heavy atom. The smallest absolute Gasteiger partial charge is 0.101 e. The normalized spacial score (nSPS) is 12.4. The number of pyridine rings is 1. The number of hydrogen-bond acceptors (Lipinski definition) is 3. The fraction of sp³-hybridized carbons (Fsp3) is 0.267. The maximum atomic E-state index is 4.52. The van der Waals surface area contributed by atoms with Crippen LogP contribution in [0, 0.1) is 0 Å². The van der Waals surface area contributed by atoms with Crippen LogP contribution in [0.5, 0.6) is 0 Å². The number of nitrogens with one attached hydrogen (secondary N) is 1. The van der Waals surface area contributed by atoms with Crippen LogP contribution < -0.4 is 5.32 Å². The summed E-state index contributed by atoms with van der Waals surface area (Å²) in [4.78, 5) is 5.70. The molecule has 0 bridgehead atoms. The SMILES string of the molecule is CCNC(C)c1ccc(Sc2ccccc2Br)nc1. The molecule has 1 heterocycles. The third-order valence-corrected chi connectivity index (χ3v) is 4.80. The van der Waals surface area contributed by atoms with Crippen molar-refractivity contribution in [2.45, 2.75) is 29.8 Å². The van der Waals surface area contributed by atoms with Crippen molar-refractivity contribution in [3.05, 3.63) is 52.6 Å². The fourth-order valence-corrected chi connectivity index (χ4v) is 3.08. The van der Waals surface area contributed by atoms with Crippen LogP contribution in [0.1, 0.15) is 25.5 Å². The van der Waals surface area contributed by atoms with Gasteiger partial charge in [0.1, 0.15) is 5.03 Å². The first-order chi connectivity index (χ1) is 9.20. The van der Waals surface area contributed by atoms with E-state index in [0.29, 0.717) is 6.04 Å². The van der Waals surface area contributed by atoms with E-state index in [4.69, 9.17) is 0 Å². The first-order valence-corrected chi connectivity index (χ1v) is 7.93. The molecule has 4 heteroatoms. The van der Waals surface area contributed by atoms with E-state index in [2.05, 4.69) is 58.3 Å². The second kappa shape index (κ2) is 7.08. The molecule has 100 valence electrons. The lowest BCUT2D eigenvalue weighted by atomic mass is 10.1. The van der Waals surface area contributed by atoms with E-state index in [-0.39, 0.29) is 0 Å². The Balaban J connectivity index is 2.09. The van der Waals surface area contributed by atoms with E-state index in [9.17, 15) is 0 Å². The molecule has 2 rings (SSSR count). The highest BCUT2D eigenvalue weighted by molar-refractivity contribution is 9.10. The van der Waals surface area contributed by atoms with Gasteiger partial charge in [-0.3, -0.25) is 0 Å². The summed E-state index contributed by atoms with van der Waals surface area (Å²) in [6, 6.07) is 12.7. The number of halogens is 1. The van der Waals surface area contributed by atoms with E-state index in [1.807, 2.05) is 24.4 Å². The monoisotopic (exact) mass is 336 g/mol. The van der Waals surface area contributed by atoms with Gasteiger partial charge in [-0.15, -0.1) is 0 Å². The number of hydrogen-bond donors (Lipinski definition) is 1. The molecule has 0 spiro atoms. The molecule has 0 aliphatic carbocycles. The van der Waals surface area contributed by atoms with Crippen LogP contribution >= 0.6 is 27.7 Å². The average Bonchev–Trinajstić information content (AvgIpc) is 2.42. The van der Waals surface area contributed by atoms with E-state index in [1.165, 1.54) is 10.5 Å². The van der Waals surface area contributed by atoms with Gasteiger partial charge in [0.25, 0.3) is 0 Å². The van der Waals surface area contributed by atoms with E-state index in [1.54, 1.807) is 11.8 Å². The van der Waals surface area contributed by atoms with Crippen LogP contribution in [0.2, 0.25) is 0 Å². The molecule has 0 aliphatic heterocycles. The number of nitrogens with zero attached hydrogens (tertiary/aromatic N) is 1. The van der Waals surface area contributed by atoms with Gasteiger partial charge in [-0.25, -0.2) is 4.98 Å². The predicted molar refractivity (Wildman–Crippen MR) is 84.6 cm³/mol. The summed E-state index contributed by atoms with van der Waals surface area (Å²) in [7, 11) is 0. The van der Waals surface area contributed by atoms with Gasteiger partial charge < -0.3 is 5.32 Å².